The monoisotopic (exact) mass is 409 g/mol. The van der Waals surface area contributed by atoms with Crippen LogP contribution in [0.5, 0.6) is 0 Å². The van der Waals surface area contributed by atoms with Crippen molar-refractivity contribution in [1.82, 2.24) is 4.98 Å². The van der Waals surface area contributed by atoms with Gasteiger partial charge in [0.2, 0.25) is 0 Å². The van der Waals surface area contributed by atoms with Crippen molar-refractivity contribution >= 4 is 5.97 Å². The summed E-state index contributed by atoms with van der Waals surface area (Å²) in [5, 5.41) is 0. The van der Waals surface area contributed by atoms with Crippen LogP contribution in [-0.4, -0.2) is 17.6 Å². The van der Waals surface area contributed by atoms with Crippen molar-refractivity contribution in [3.63, 3.8) is 0 Å². The second kappa shape index (κ2) is 17.5. The number of halogens is 1. The molecule has 1 N–H and O–H groups in total. The highest BCUT2D eigenvalue weighted by molar-refractivity contribution is 5.87. The van der Waals surface area contributed by atoms with Crippen LogP contribution in [0.4, 0.5) is 4.39 Å². The largest absolute Gasteiger partial charge is 0.461 e. The molecule has 0 radical (unpaired) electrons. The highest BCUT2D eigenvalue weighted by Gasteiger charge is 2.16. The van der Waals surface area contributed by atoms with Crippen LogP contribution in [-0.2, 0) is 11.2 Å². The molecule has 1 aromatic heterocycles. The van der Waals surface area contributed by atoms with E-state index in [2.05, 4.69) is 11.9 Å². The van der Waals surface area contributed by atoms with Crippen LogP contribution in [0, 0.1) is 5.82 Å². The zero-order valence-corrected chi connectivity index (χ0v) is 19.0. The number of unbranched alkanes of at least 4 members (excludes halogenated alkanes) is 15. The molecule has 0 saturated heterocycles. The summed E-state index contributed by atoms with van der Waals surface area (Å²) in [6.07, 6.45) is 22.3. The molecule has 0 spiro atoms. The molecular formula is C25H44FNO2. The fourth-order valence-corrected chi connectivity index (χ4v) is 3.83. The standard InChI is InChI=1S/C25H44FNO2/c1-3-5-6-7-8-9-10-11-12-13-14-15-16-17-18-19-20-22-21-23(26)24(27-22)25(28)29-4-2/h21,27H,3-20H2,1-2H3. The van der Waals surface area contributed by atoms with E-state index in [9.17, 15) is 9.18 Å². The van der Waals surface area contributed by atoms with Gasteiger partial charge in [-0.05, 0) is 25.8 Å². The van der Waals surface area contributed by atoms with E-state index < -0.39 is 11.8 Å². The van der Waals surface area contributed by atoms with Crippen molar-refractivity contribution < 1.29 is 13.9 Å². The third-order valence-electron chi connectivity index (χ3n) is 5.60. The summed E-state index contributed by atoms with van der Waals surface area (Å²) in [4.78, 5) is 14.5. The number of hydrogen-bond acceptors (Lipinski definition) is 2. The number of carbonyl (C=O) groups excluding carboxylic acids is 1. The summed E-state index contributed by atoms with van der Waals surface area (Å²) in [5.74, 6) is -1.11. The lowest BCUT2D eigenvalue weighted by Crippen LogP contribution is -2.07. The summed E-state index contributed by atoms with van der Waals surface area (Å²) >= 11 is 0. The summed E-state index contributed by atoms with van der Waals surface area (Å²) in [6.45, 7) is 4.25. The Balaban J connectivity index is 1.89. The number of rotatable bonds is 19. The first kappa shape index (κ1) is 25.7. The SMILES string of the molecule is CCCCCCCCCCCCCCCCCCc1cc(F)c(C(=O)OCC)[nH]1. The molecule has 0 atom stereocenters. The van der Waals surface area contributed by atoms with Crippen molar-refractivity contribution in [2.45, 2.75) is 123 Å². The minimum Gasteiger partial charge on any atom is -0.461 e. The number of H-pyrrole nitrogens is 1. The third-order valence-corrected chi connectivity index (χ3v) is 5.60. The topological polar surface area (TPSA) is 42.1 Å². The molecular weight excluding hydrogens is 365 g/mol. The summed E-state index contributed by atoms with van der Waals surface area (Å²) < 4.78 is 18.6. The van der Waals surface area contributed by atoms with Crippen LogP contribution < -0.4 is 0 Å². The smallest absolute Gasteiger partial charge is 0.357 e. The van der Waals surface area contributed by atoms with Crippen molar-refractivity contribution in [1.29, 1.82) is 0 Å². The predicted molar refractivity (Wildman–Crippen MR) is 120 cm³/mol. The molecule has 1 rings (SSSR count). The Labute approximate surface area is 178 Å². The number of hydrogen-bond donors (Lipinski definition) is 1. The van der Waals surface area contributed by atoms with Crippen molar-refractivity contribution in [3.05, 3.63) is 23.3 Å². The van der Waals surface area contributed by atoms with Gasteiger partial charge in [0.05, 0.1) is 6.61 Å². The van der Waals surface area contributed by atoms with E-state index >= 15 is 0 Å². The van der Waals surface area contributed by atoms with E-state index in [0.29, 0.717) is 0 Å². The summed E-state index contributed by atoms with van der Waals surface area (Å²) in [7, 11) is 0. The molecule has 4 heteroatoms. The van der Waals surface area contributed by atoms with Crippen LogP contribution in [0.25, 0.3) is 0 Å². The molecule has 168 valence electrons. The molecule has 0 aliphatic rings. The maximum Gasteiger partial charge on any atom is 0.357 e. The van der Waals surface area contributed by atoms with Gasteiger partial charge < -0.3 is 9.72 Å². The molecule has 0 fully saturated rings. The summed E-state index contributed by atoms with van der Waals surface area (Å²) in [6, 6.07) is 1.43. The molecule has 0 aliphatic heterocycles. The fraction of sp³-hybridized carbons (Fsp3) is 0.800. The van der Waals surface area contributed by atoms with Gasteiger partial charge in [-0.1, -0.05) is 103 Å². The van der Waals surface area contributed by atoms with E-state index in [1.807, 2.05) is 0 Å². The van der Waals surface area contributed by atoms with Gasteiger partial charge in [0.15, 0.2) is 11.5 Å². The number of nitrogens with one attached hydrogen (secondary N) is 1. The molecule has 0 aromatic carbocycles. The minimum atomic E-state index is -0.608. The number of aryl methyl sites for hydroxylation is 1. The molecule has 0 bridgehead atoms. The van der Waals surface area contributed by atoms with Crippen molar-refractivity contribution in [3.8, 4) is 0 Å². The van der Waals surface area contributed by atoms with E-state index in [1.165, 1.54) is 96.0 Å². The average Bonchev–Trinajstić information content (AvgIpc) is 3.08. The van der Waals surface area contributed by atoms with E-state index in [-0.39, 0.29) is 12.3 Å². The molecule has 0 saturated carbocycles. The maximum atomic E-state index is 13.8. The lowest BCUT2D eigenvalue weighted by atomic mass is 10.0. The van der Waals surface area contributed by atoms with Crippen molar-refractivity contribution in [2.75, 3.05) is 6.61 Å². The molecule has 1 aromatic rings. The van der Waals surface area contributed by atoms with Gasteiger partial charge in [-0.3, -0.25) is 0 Å². The Morgan fingerprint density at radius 1 is 0.793 bits per heavy atom. The first-order chi connectivity index (χ1) is 14.2. The Bertz CT molecular complexity index is 527. The second-order valence-corrected chi connectivity index (χ2v) is 8.29. The molecule has 1 heterocycles. The Kier molecular flexibility index (Phi) is 15.5. The molecule has 0 aliphatic carbocycles. The van der Waals surface area contributed by atoms with Crippen LogP contribution in [0.2, 0.25) is 0 Å². The van der Waals surface area contributed by atoms with Gasteiger partial charge in [-0.2, -0.15) is 0 Å². The zero-order chi connectivity index (χ0) is 21.2. The fourth-order valence-electron chi connectivity index (χ4n) is 3.83. The van der Waals surface area contributed by atoms with Crippen LogP contribution >= 0.6 is 0 Å². The highest BCUT2D eigenvalue weighted by atomic mass is 19.1. The van der Waals surface area contributed by atoms with Crippen LogP contribution in [0.15, 0.2) is 6.07 Å². The third kappa shape index (κ3) is 12.8. The maximum absolute atomic E-state index is 13.8. The Hall–Kier alpha value is -1.32. The van der Waals surface area contributed by atoms with Gasteiger partial charge in [0.25, 0.3) is 0 Å². The van der Waals surface area contributed by atoms with Crippen LogP contribution in [0.1, 0.15) is 133 Å². The minimum absolute atomic E-state index is 0.0432. The van der Waals surface area contributed by atoms with Gasteiger partial charge in [0.1, 0.15) is 0 Å². The van der Waals surface area contributed by atoms with Crippen molar-refractivity contribution in [2.24, 2.45) is 0 Å². The lowest BCUT2D eigenvalue weighted by Gasteiger charge is -2.03. The summed E-state index contributed by atoms with van der Waals surface area (Å²) in [5.41, 5.74) is 0.745. The van der Waals surface area contributed by atoms with Crippen LogP contribution in [0.3, 0.4) is 0 Å². The number of carbonyl (C=O) groups is 1. The zero-order valence-electron chi connectivity index (χ0n) is 19.0. The van der Waals surface area contributed by atoms with Gasteiger partial charge in [0, 0.05) is 5.69 Å². The predicted octanol–water partition coefficient (Wildman–Crippen LogP) is 8.13. The average molecular weight is 410 g/mol. The number of aromatic nitrogens is 1. The van der Waals surface area contributed by atoms with E-state index in [1.54, 1.807) is 6.92 Å². The quantitative estimate of drug-likeness (QED) is 0.185. The molecule has 0 unspecified atom stereocenters. The van der Waals surface area contributed by atoms with Gasteiger partial charge in [-0.25, -0.2) is 9.18 Å². The lowest BCUT2D eigenvalue weighted by molar-refractivity contribution is 0.0514. The van der Waals surface area contributed by atoms with E-state index in [0.717, 1.165) is 25.0 Å². The highest BCUT2D eigenvalue weighted by Crippen LogP contribution is 2.16. The van der Waals surface area contributed by atoms with E-state index in [4.69, 9.17) is 4.74 Å². The Morgan fingerprint density at radius 3 is 1.69 bits per heavy atom. The molecule has 0 amide bonds. The number of esters is 1. The molecule has 3 nitrogen and oxygen atoms in total. The van der Waals surface area contributed by atoms with Gasteiger partial charge >= 0.3 is 5.97 Å². The van der Waals surface area contributed by atoms with Gasteiger partial charge in [-0.15, -0.1) is 0 Å². The number of aromatic amines is 1. The second-order valence-electron chi connectivity index (χ2n) is 8.29. The first-order valence-electron chi connectivity index (χ1n) is 12.2. The normalized spacial score (nSPS) is 11.1. The molecule has 29 heavy (non-hydrogen) atoms. The first-order valence-corrected chi connectivity index (χ1v) is 12.2. The number of ether oxygens (including phenoxy) is 1. The Morgan fingerprint density at radius 2 is 1.24 bits per heavy atom.